The second-order valence-corrected chi connectivity index (χ2v) is 7.77. The molecule has 5 rings (SSSR count). The van der Waals surface area contributed by atoms with Gasteiger partial charge in [0.1, 0.15) is 11.3 Å². The zero-order valence-electron chi connectivity index (χ0n) is 18.8. The SMILES string of the molecule is COc1cccc(C(=O)c2oc3cc(NC(=O)c4cc5cccc(OC)c5o4)ccc3c2C)c1. The molecule has 0 spiro atoms. The first kappa shape index (κ1) is 21.3. The van der Waals surface area contributed by atoms with Gasteiger partial charge in [0, 0.05) is 33.7 Å². The lowest BCUT2D eigenvalue weighted by Gasteiger charge is -2.03. The van der Waals surface area contributed by atoms with Crippen molar-refractivity contribution in [1.82, 2.24) is 0 Å². The van der Waals surface area contributed by atoms with Gasteiger partial charge in [-0.25, -0.2) is 0 Å². The van der Waals surface area contributed by atoms with Crippen LogP contribution >= 0.6 is 0 Å². The molecule has 1 N–H and O–H groups in total. The number of nitrogens with one attached hydrogen (secondary N) is 1. The molecule has 0 aliphatic rings. The molecule has 0 bridgehead atoms. The van der Waals surface area contributed by atoms with E-state index >= 15 is 0 Å². The van der Waals surface area contributed by atoms with Gasteiger partial charge in [0.15, 0.2) is 22.9 Å². The number of ketones is 1. The summed E-state index contributed by atoms with van der Waals surface area (Å²) in [6.07, 6.45) is 0. The van der Waals surface area contributed by atoms with Gasteiger partial charge in [-0.3, -0.25) is 9.59 Å². The highest BCUT2D eigenvalue weighted by Crippen LogP contribution is 2.31. The Bertz CT molecular complexity index is 1560. The van der Waals surface area contributed by atoms with E-state index in [1.54, 1.807) is 62.8 Å². The molecule has 7 heteroatoms. The van der Waals surface area contributed by atoms with E-state index in [1.165, 1.54) is 0 Å². The van der Waals surface area contributed by atoms with Gasteiger partial charge in [-0.2, -0.15) is 0 Å². The minimum absolute atomic E-state index is 0.157. The Hall–Kier alpha value is -4.52. The molecule has 2 heterocycles. The van der Waals surface area contributed by atoms with E-state index in [0.29, 0.717) is 33.9 Å². The summed E-state index contributed by atoms with van der Waals surface area (Å²) < 4.78 is 22.1. The van der Waals surface area contributed by atoms with Crippen molar-refractivity contribution in [1.29, 1.82) is 0 Å². The monoisotopic (exact) mass is 455 g/mol. The number of hydrogen-bond donors (Lipinski definition) is 1. The molecule has 170 valence electrons. The lowest BCUT2D eigenvalue weighted by atomic mass is 10.0. The fraction of sp³-hybridized carbons (Fsp3) is 0.111. The predicted molar refractivity (Wildman–Crippen MR) is 128 cm³/mol. The fourth-order valence-corrected chi connectivity index (χ4v) is 3.92. The van der Waals surface area contributed by atoms with Crippen LogP contribution in [0.25, 0.3) is 21.9 Å². The van der Waals surface area contributed by atoms with E-state index in [1.807, 2.05) is 25.1 Å². The van der Waals surface area contributed by atoms with E-state index < -0.39 is 5.91 Å². The Morgan fingerprint density at radius 2 is 1.71 bits per heavy atom. The highest BCUT2D eigenvalue weighted by atomic mass is 16.5. The molecule has 34 heavy (non-hydrogen) atoms. The van der Waals surface area contributed by atoms with Crippen molar-refractivity contribution in [3.05, 3.63) is 89.4 Å². The molecule has 0 aliphatic heterocycles. The Morgan fingerprint density at radius 1 is 0.882 bits per heavy atom. The first-order chi connectivity index (χ1) is 16.5. The summed E-state index contributed by atoms with van der Waals surface area (Å²) in [5.74, 6) is 0.897. The summed E-state index contributed by atoms with van der Waals surface area (Å²) in [5.41, 5.74) is 2.71. The van der Waals surface area contributed by atoms with Gasteiger partial charge >= 0.3 is 0 Å². The third kappa shape index (κ3) is 3.67. The molecule has 0 fully saturated rings. The molecule has 1 amide bonds. The lowest BCUT2D eigenvalue weighted by Crippen LogP contribution is -2.10. The van der Waals surface area contributed by atoms with Gasteiger partial charge in [-0.05, 0) is 43.3 Å². The maximum absolute atomic E-state index is 13.0. The number of fused-ring (bicyclic) bond motifs is 2. The summed E-state index contributed by atoms with van der Waals surface area (Å²) in [6.45, 7) is 1.83. The van der Waals surface area contributed by atoms with Gasteiger partial charge in [-0.15, -0.1) is 0 Å². The molecular weight excluding hydrogens is 434 g/mol. The molecule has 0 saturated carbocycles. The van der Waals surface area contributed by atoms with Crippen molar-refractivity contribution in [2.45, 2.75) is 6.92 Å². The van der Waals surface area contributed by atoms with Crippen LogP contribution in [0, 0.1) is 6.92 Å². The number of rotatable bonds is 6. The molecule has 0 aliphatic carbocycles. The van der Waals surface area contributed by atoms with Crippen LogP contribution in [0.3, 0.4) is 0 Å². The number of carbonyl (C=O) groups is 2. The number of para-hydroxylation sites is 1. The van der Waals surface area contributed by atoms with Gasteiger partial charge in [0.2, 0.25) is 5.78 Å². The Balaban J connectivity index is 1.43. The lowest BCUT2D eigenvalue weighted by molar-refractivity contribution is 0.0994. The quantitative estimate of drug-likeness (QED) is 0.316. The number of carbonyl (C=O) groups excluding carboxylic acids is 2. The zero-order chi connectivity index (χ0) is 23.8. The Morgan fingerprint density at radius 3 is 2.50 bits per heavy atom. The van der Waals surface area contributed by atoms with Crippen molar-refractivity contribution in [3.8, 4) is 11.5 Å². The van der Waals surface area contributed by atoms with Gasteiger partial charge in [-0.1, -0.05) is 24.3 Å². The summed E-state index contributed by atoms with van der Waals surface area (Å²) in [4.78, 5) is 25.9. The van der Waals surface area contributed by atoms with Crippen LogP contribution in [-0.2, 0) is 0 Å². The third-order valence-corrected chi connectivity index (χ3v) is 5.69. The van der Waals surface area contributed by atoms with Crippen LogP contribution in [-0.4, -0.2) is 25.9 Å². The largest absolute Gasteiger partial charge is 0.497 e. The fourth-order valence-electron chi connectivity index (χ4n) is 3.92. The average molecular weight is 455 g/mol. The predicted octanol–water partition coefficient (Wildman–Crippen LogP) is 5.99. The van der Waals surface area contributed by atoms with Crippen LogP contribution in [0.4, 0.5) is 5.69 Å². The highest BCUT2D eigenvalue weighted by molar-refractivity contribution is 6.11. The van der Waals surface area contributed by atoms with Crippen LogP contribution in [0.1, 0.15) is 32.2 Å². The molecular formula is C27H21NO6. The number of amides is 1. The van der Waals surface area contributed by atoms with Crippen molar-refractivity contribution in [2.24, 2.45) is 0 Å². The van der Waals surface area contributed by atoms with Crippen molar-refractivity contribution in [3.63, 3.8) is 0 Å². The Labute approximate surface area is 194 Å². The maximum atomic E-state index is 13.0. The number of anilines is 1. The van der Waals surface area contributed by atoms with E-state index in [4.69, 9.17) is 18.3 Å². The maximum Gasteiger partial charge on any atom is 0.291 e. The normalized spacial score (nSPS) is 11.0. The van der Waals surface area contributed by atoms with Crippen LogP contribution in [0.5, 0.6) is 11.5 Å². The highest BCUT2D eigenvalue weighted by Gasteiger charge is 2.21. The molecule has 3 aromatic carbocycles. The number of benzene rings is 3. The minimum Gasteiger partial charge on any atom is -0.497 e. The van der Waals surface area contributed by atoms with Crippen molar-refractivity contribution >= 4 is 39.3 Å². The second-order valence-electron chi connectivity index (χ2n) is 7.77. The van der Waals surface area contributed by atoms with Crippen LogP contribution in [0.15, 0.2) is 75.6 Å². The number of furan rings is 2. The Kier molecular flexibility index (Phi) is 5.30. The van der Waals surface area contributed by atoms with Gasteiger partial charge in [0.25, 0.3) is 5.91 Å². The molecule has 5 aromatic rings. The smallest absolute Gasteiger partial charge is 0.291 e. The minimum atomic E-state index is -0.409. The molecule has 0 atom stereocenters. The summed E-state index contributed by atoms with van der Waals surface area (Å²) in [6, 6.07) is 19.3. The van der Waals surface area contributed by atoms with Crippen molar-refractivity contribution in [2.75, 3.05) is 19.5 Å². The van der Waals surface area contributed by atoms with Gasteiger partial charge in [0.05, 0.1) is 14.2 Å². The summed E-state index contributed by atoms with van der Waals surface area (Å²) in [5, 5.41) is 4.37. The number of methoxy groups -OCH3 is 2. The standard InChI is InChI=1S/C27H21NO6/c1-15-20-11-10-18(28-27(30)23-13-17-7-5-9-21(32-3)26(17)34-23)14-22(20)33-25(15)24(29)16-6-4-8-19(12-16)31-2/h4-14H,1-3H3,(H,28,30). The zero-order valence-corrected chi connectivity index (χ0v) is 18.8. The number of hydrogen-bond acceptors (Lipinski definition) is 6. The van der Waals surface area contributed by atoms with E-state index in [0.717, 1.165) is 16.3 Å². The molecule has 0 unspecified atom stereocenters. The van der Waals surface area contributed by atoms with E-state index in [9.17, 15) is 9.59 Å². The number of aryl methyl sites for hydroxylation is 1. The van der Waals surface area contributed by atoms with Crippen LogP contribution in [0.2, 0.25) is 0 Å². The van der Waals surface area contributed by atoms with Crippen LogP contribution < -0.4 is 14.8 Å². The molecule has 7 nitrogen and oxygen atoms in total. The molecule has 0 saturated heterocycles. The van der Waals surface area contributed by atoms with Crippen molar-refractivity contribution < 1.29 is 27.9 Å². The summed E-state index contributed by atoms with van der Waals surface area (Å²) >= 11 is 0. The van der Waals surface area contributed by atoms with Gasteiger partial charge < -0.3 is 23.6 Å². The summed E-state index contributed by atoms with van der Waals surface area (Å²) in [7, 11) is 3.10. The first-order valence-electron chi connectivity index (χ1n) is 10.6. The molecule has 0 radical (unpaired) electrons. The van der Waals surface area contributed by atoms with E-state index in [-0.39, 0.29) is 17.3 Å². The average Bonchev–Trinajstić information content (AvgIpc) is 3.45. The number of ether oxygens (including phenoxy) is 2. The second kappa shape index (κ2) is 8.44. The van der Waals surface area contributed by atoms with E-state index in [2.05, 4.69) is 5.32 Å². The molecule has 2 aromatic heterocycles. The third-order valence-electron chi connectivity index (χ3n) is 5.69. The topological polar surface area (TPSA) is 90.9 Å². The first-order valence-corrected chi connectivity index (χ1v) is 10.6.